The van der Waals surface area contributed by atoms with Crippen LogP contribution in [0.2, 0.25) is 0 Å². The van der Waals surface area contributed by atoms with Gasteiger partial charge in [0.25, 0.3) is 0 Å². The van der Waals surface area contributed by atoms with E-state index in [1.165, 1.54) is 39.1 Å². The van der Waals surface area contributed by atoms with Gasteiger partial charge in [-0.3, -0.25) is 10.1 Å². The molecule has 9 heterocycles. The van der Waals surface area contributed by atoms with Crippen LogP contribution in [-0.4, -0.2) is 64.4 Å². The summed E-state index contributed by atoms with van der Waals surface area (Å²) in [7, 11) is 1.62. The molecule has 9 aromatic rings. The number of hydrogen-bond donors (Lipinski definition) is 1. The molecule has 0 aliphatic heterocycles. The quantitative estimate of drug-likeness (QED) is 0.0736. The van der Waals surface area contributed by atoms with E-state index in [4.69, 9.17) is 29.9 Å². The highest BCUT2D eigenvalue weighted by Crippen LogP contribution is 2.28. The number of pyridine rings is 4. The van der Waals surface area contributed by atoms with Gasteiger partial charge in [0.05, 0.1) is 10.5 Å². The van der Waals surface area contributed by atoms with Crippen molar-refractivity contribution in [2.75, 3.05) is 26.9 Å². The average Bonchev–Trinajstić information content (AvgIpc) is 4.22. The van der Waals surface area contributed by atoms with Gasteiger partial charge in [0.2, 0.25) is 0 Å². The first-order valence-electron chi connectivity index (χ1n) is 19.5. The van der Waals surface area contributed by atoms with Crippen molar-refractivity contribution in [3.05, 3.63) is 144 Å². The summed E-state index contributed by atoms with van der Waals surface area (Å²) in [4.78, 5) is 30.4. The molecule has 1 atom stereocenters. The number of nitro groups is 1. The second-order valence-electron chi connectivity index (χ2n) is 12.1. The van der Waals surface area contributed by atoms with Gasteiger partial charge in [-0.25, -0.2) is 19.9 Å². The van der Waals surface area contributed by atoms with Crippen molar-refractivity contribution in [3.63, 3.8) is 0 Å². The fourth-order valence-corrected chi connectivity index (χ4v) is 9.71. The standard InChI is InChI=1S/C10H22O4.C8H8N2S.C8H4N2S.C7H4BrNS.C7H5NS.C4H3NO2S.Br2/c1-5-12-9(11-4)8-10(13-6-2)14-7-3;2*9-4-6-5-11-8-7(6)2-1-3-10-8;8-6-4-10-7-5(6)2-1-3-9-7;1-2-6-3-5-9-7(6)8-4-1;6-5(7)4-2-1-3-8-4;1-2/h9-10H,5-8H2,1-4H3;1-3,5H,4,9H2;1-3,5H;1-4H;1-5H;1-3H;. The van der Waals surface area contributed by atoms with Crippen LogP contribution in [0.15, 0.2) is 123 Å². The van der Waals surface area contributed by atoms with Crippen LogP contribution in [-0.2, 0) is 25.5 Å². The molecule has 344 valence electrons. The van der Waals surface area contributed by atoms with Crippen LogP contribution in [0.25, 0.3) is 40.9 Å². The summed E-state index contributed by atoms with van der Waals surface area (Å²) in [6, 6.07) is 23.1. The summed E-state index contributed by atoms with van der Waals surface area (Å²) in [6.45, 7) is 8.31. The predicted molar refractivity (Wildman–Crippen MR) is 282 cm³/mol. The SMILES string of the molecule is BrBr.Brc1csc2ncccc12.CCOC(CC(OCC)OCC)OC.N#Cc1csc2ncccc12.NCc1csc2ncccc12.O=[N+]([O-])c1cccs1.c1cnc2sccc2c1. The maximum atomic E-state index is 9.88. The Morgan fingerprint density at radius 3 is 1.75 bits per heavy atom. The Labute approximate surface area is 421 Å². The molecule has 0 aliphatic rings. The molecule has 0 fully saturated rings. The van der Waals surface area contributed by atoms with Gasteiger partial charge < -0.3 is 24.7 Å². The third kappa shape index (κ3) is 19.2. The molecule has 9 rings (SSSR count). The van der Waals surface area contributed by atoms with Crippen molar-refractivity contribution in [1.29, 1.82) is 5.26 Å². The van der Waals surface area contributed by atoms with Crippen molar-refractivity contribution in [3.8, 4) is 6.07 Å². The third-order valence-electron chi connectivity index (χ3n) is 8.04. The summed E-state index contributed by atoms with van der Waals surface area (Å²) in [5, 5.41) is 33.0. The van der Waals surface area contributed by atoms with E-state index in [-0.39, 0.29) is 17.6 Å². The first kappa shape index (κ1) is 55.6. The minimum Gasteiger partial charge on any atom is -0.356 e. The molecule has 0 saturated carbocycles. The van der Waals surface area contributed by atoms with E-state index in [9.17, 15) is 10.1 Å². The Bertz CT molecular complexity index is 2670. The first-order chi connectivity index (χ1) is 31.8. The van der Waals surface area contributed by atoms with Gasteiger partial charge >= 0.3 is 5.00 Å². The average molecular weight is 1170 g/mol. The van der Waals surface area contributed by atoms with E-state index in [2.05, 4.69) is 111 Å². The molecule has 0 saturated heterocycles. The fourth-order valence-electron chi connectivity index (χ4n) is 5.18. The van der Waals surface area contributed by atoms with Crippen LogP contribution in [0.1, 0.15) is 38.3 Å². The molecule has 0 amide bonds. The number of methoxy groups -OCH3 is 1. The van der Waals surface area contributed by atoms with Gasteiger partial charge in [0.1, 0.15) is 25.4 Å². The summed E-state index contributed by atoms with van der Waals surface area (Å²) < 4.78 is 22.4. The largest absolute Gasteiger partial charge is 0.356 e. The minimum absolute atomic E-state index is 0.199. The van der Waals surface area contributed by atoms with Crippen LogP contribution >= 0.6 is 101 Å². The van der Waals surface area contributed by atoms with Gasteiger partial charge in [-0.1, -0.05) is 23.5 Å². The number of nitriles is 1. The number of hydrogen-bond acceptors (Lipinski definition) is 17. The van der Waals surface area contributed by atoms with Crippen molar-refractivity contribution in [2.45, 2.75) is 46.3 Å². The number of thiophene rings is 5. The maximum absolute atomic E-state index is 9.88. The number of aromatic nitrogens is 4. The van der Waals surface area contributed by atoms with Crippen molar-refractivity contribution in [2.24, 2.45) is 5.73 Å². The van der Waals surface area contributed by atoms with Crippen molar-refractivity contribution in [1.82, 2.24) is 19.9 Å². The Morgan fingerprint density at radius 2 is 1.23 bits per heavy atom. The molecule has 0 bridgehead atoms. The molecule has 9 aromatic heterocycles. The van der Waals surface area contributed by atoms with Crippen molar-refractivity contribution >= 4 is 147 Å². The highest BCUT2D eigenvalue weighted by Gasteiger charge is 2.16. The molecule has 1 unspecified atom stereocenters. The monoisotopic (exact) mass is 1160 g/mol. The zero-order valence-electron chi connectivity index (χ0n) is 35.6. The van der Waals surface area contributed by atoms with Gasteiger partial charge in [-0.05, 0) is 107 Å². The molecule has 65 heavy (non-hydrogen) atoms. The molecule has 2 N–H and O–H groups in total. The lowest BCUT2D eigenvalue weighted by molar-refractivity contribution is -0.380. The van der Waals surface area contributed by atoms with Crippen LogP contribution < -0.4 is 5.73 Å². The first-order valence-corrected chi connectivity index (χ1v) is 28.4. The normalized spacial score (nSPS) is 10.6. The zero-order valence-corrected chi connectivity index (χ0v) is 44.5. The number of fused-ring (bicyclic) bond motifs is 4. The fraction of sp³-hybridized carbons (Fsp3) is 0.250. The molecule has 0 spiro atoms. The zero-order chi connectivity index (χ0) is 47.2. The van der Waals surface area contributed by atoms with E-state index in [1.807, 2.05) is 68.9 Å². The predicted octanol–water partition coefficient (Wildman–Crippen LogP) is 14.4. The lowest BCUT2D eigenvalue weighted by atomic mass is 10.2. The van der Waals surface area contributed by atoms with E-state index in [1.54, 1.807) is 65.0 Å². The number of nitrogens with zero attached hydrogens (tertiary/aromatic N) is 6. The maximum Gasteiger partial charge on any atom is 0.324 e. The van der Waals surface area contributed by atoms with Crippen LogP contribution in [0.4, 0.5) is 5.00 Å². The second-order valence-corrected chi connectivity index (χ2v) is 17.4. The Hall–Kier alpha value is -3.73. The molecular weight excluding hydrogens is 1120 g/mol. The van der Waals surface area contributed by atoms with Gasteiger partial charge in [-0.15, -0.1) is 45.3 Å². The van der Waals surface area contributed by atoms with E-state index >= 15 is 0 Å². The summed E-state index contributed by atoms with van der Waals surface area (Å²) in [5.41, 5.74) is 7.45. The Kier molecular flexibility index (Phi) is 28.1. The van der Waals surface area contributed by atoms with E-state index in [0.29, 0.717) is 32.8 Å². The summed E-state index contributed by atoms with van der Waals surface area (Å²) in [5.74, 6) is 0. The van der Waals surface area contributed by atoms with E-state index in [0.717, 1.165) is 46.1 Å². The number of nitrogens with two attached hydrogens (primary N) is 1. The van der Waals surface area contributed by atoms with Gasteiger partial charge in [-0.2, -0.15) is 5.26 Å². The molecule has 13 nitrogen and oxygen atoms in total. The molecule has 21 heteroatoms. The van der Waals surface area contributed by atoms with Gasteiger partial charge in [0.15, 0.2) is 12.6 Å². The van der Waals surface area contributed by atoms with E-state index < -0.39 is 4.92 Å². The number of rotatable bonds is 11. The molecule has 0 aliphatic carbocycles. The molecule has 0 aromatic carbocycles. The van der Waals surface area contributed by atoms with Crippen LogP contribution in [0.3, 0.4) is 0 Å². The van der Waals surface area contributed by atoms with Crippen LogP contribution in [0, 0.1) is 21.4 Å². The van der Waals surface area contributed by atoms with Gasteiger partial charge in [0, 0.05) is 136 Å². The summed E-state index contributed by atoms with van der Waals surface area (Å²) in [6.07, 6.45) is 7.29. The minimum atomic E-state index is -0.398. The second kappa shape index (κ2) is 32.9. The highest BCUT2D eigenvalue weighted by atomic mass is 80.9. The third-order valence-corrected chi connectivity index (χ3v) is 13.4. The lowest BCUT2D eigenvalue weighted by Gasteiger charge is -2.22. The number of halogens is 3. The Balaban J connectivity index is 0.000000207. The summed E-state index contributed by atoms with van der Waals surface area (Å²) >= 11 is 16.6. The lowest BCUT2D eigenvalue weighted by Crippen LogP contribution is -2.27. The molecular formula is C44H46Br3N7O6S5. The highest BCUT2D eigenvalue weighted by molar-refractivity contribution is 9.93. The Morgan fingerprint density at radius 1 is 0.692 bits per heavy atom. The molecule has 0 radical (unpaired) electrons. The van der Waals surface area contributed by atoms with Crippen LogP contribution in [0.5, 0.6) is 0 Å². The smallest absolute Gasteiger partial charge is 0.324 e. The van der Waals surface area contributed by atoms with Crippen molar-refractivity contribution < 1.29 is 23.9 Å². The number of ether oxygens (including phenoxy) is 4. The topological polar surface area (TPSA) is 181 Å².